The summed E-state index contributed by atoms with van der Waals surface area (Å²) in [6, 6.07) is 9.09. The van der Waals surface area contributed by atoms with Crippen molar-refractivity contribution in [3.8, 4) is 10.6 Å². The summed E-state index contributed by atoms with van der Waals surface area (Å²) in [5, 5.41) is 0.918. The van der Waals surface area contributed by atoms with Crippen LogP contribution in [-0.2, 0) is 25.5 Å². The molecule has 3 heterocycles. The predicted octanol–water partition coefficient (Wildman–Crippen LogP) is 2.65. The number of nitrogens with zero attached hydrogens (tertiary/aromatic N) is 3. The number of benzene rings is 1. The van der Waals surface area contributed by atoms with Crippen molar-refractivity contribution in [1.29, 1.82) is 0 Å². The van der Waals surface area contributed by atoms with Crippen LogP contribution in [0.25, 0.3) is 10.6 Å². The number of hydrogen-bond donors (Lipinski definition) is 0. The highest BCUT2D eigenvalue weighted by Gasteiger charge is 2.44. The Hall–Kier alpha value is -2.94. The Kier molecular flexibility index (Phi) is 6.22. The maximum Gasteiger partial charge on any atom is 0.410 e. The number of thiazole rings is 1. The number of carbonyl (C=O) groups excluding carboxylic acids is 3. The molecular weight excluding hydrogens is 418 g/mol. The summed E-state index contributed by atoms with van der Waals surface area (Å²) in [5.41, 5.74) is 1.86. The fourth-order valence-corrected chi connectivity index (χ4v) is 5.03. The van der Waals surface area contributed by atoms with E-state index in [1.54, 1.807) is 11.3 Å². The number of carbonyl (C=O) groups is 3. The van der Waals surface area contributed by atoms with Crippen LogP contribution in [0.2, 0.25) is 0 Å². The summed E-state index contributed by atoms with van der Waals surface area (Å²) in [7, 11) is 1.30. The van der Waals surface area contributed by atoms with Gasteiger partial charge in [-0.1, -0.05) is 30.3 Å². The SMILES string of the molecule is COC(=O)C1COC(=O)N1C1CCN(C(=O)Cc2nc(-c3ccccc3)sc2C)CC1. The number of likely N-dealkylation sites (tertiary alicyclic amines) is 1. The number of cyclic esters (lactones) is 1. The predicted molar refractivity (Wildman–Crippen MR) is 115 cm³/mol. The average Bonchev–Trinajstić information content (AvgIpc) is 3.36. The second-order valence-electron chi connectivity index (χ2n) is 7.70. The van der Waals surface area contributed by atoms with E-state index < -0.39 is 18.1 Å². The Balaban J connectivity index is 1.36. The van der Waals surface area contributed by atoms with Crippen molar-refractivity contribution >= 4 is 29.3 Å². The standard InChI is InChI=1S/C22H25N3O5S/c1-14-17(23-20(31-14)15-6-4-3-5-7-15)12-19(26)24-10-8-16(9-11-24)25-18(21(27)29-2)13-30-22(25)28/h3-7,16,18H,8-13H2,1-2H3. The summed E-state index contributed by atoms with van der Waals surface area (Å²) < 4.78 is 9.85. The summed E-state index contributed by atoms with van der Waals surface area (Å²) in [6.07, 6.45) is 0.960. The van der Waals surface area contributed by atoms with Crippen LogP contribution in [0.3, 0.4) is 0 Å². The van der Waals surface area contributed by atoms with Gasteiger partial charge in [-0.15, -0.1) is 11.3 Å². The van der Waals surface area contributed by atoms with Gasteiger partial charge in [0.1, 0.15) is 11.6 Å². The van der Waals surface area contributed by atoms with Crippen LogP contribution in [0.5, 0.6) is 0 Å². The number of piperidine rings is 1. The van der Waals surface area contributed by atoms with E-state index in [1.807, 2.05) is 42.2 Å². The van der Waals surface area contributed by atoms with E-state index >= 15 is 0 Å². The van der Waals surface area contributed by atoms with Crippen molar-refractivity contribution in [2.24, 2.45) is 0 Å². The van der Waals surface area contributed by atoms with Gasteiger partial charge in [-0.25, -0.2) is 14.6 Å². The van der Waals surface area contributed by atoms with Crippen molar-refractivity contribution in [3.05, 3.63) is 40.9 Å². The monoisotopic (exact) mass is 443 g/mol. The molecule has 2 amide bonds. The molecule has 2 saturated heterocycles. The van der Waals surface area contributed by atoms with Crippen molar-refractivity contribution in [1.82, 2.24) is 14.8 Å². The van der Waals surface area contributed by atoms with Crippen molar-refractivity contribution in [2.45, 2.75) is 38.3 Å². The van der Waals surface area contributed by atoms with Crippen LogP contribution < -0.4 is 0 Å². The normalized spacial score (nSPS) is 19.4. The maximum atomic E-state index is 12.9. The molecule has 31 heavy (non-hydrogen) atoms. The number of hydrogen-bond acceptors (Lipinski definition) is 7. The zero-order valence-electron chi connectivity index (χ0n) is 17.6. The molecule has 4 rings (SSSR count). The molecule has 164 valence electrons. The summed E-state index contributed by atoms with van der Waals surface area (Å²) in [5.74, 6) is -0.447. The topological polar surface area (TPSA) is 89.0 Å². The number of methoxy groups -OCH3 is 1. The Bertz CT molecular complexity index is 969. The van der Waals surface area contributed by atoms with Gasteiger partial charge in [0.2, 0.25) is 5.91 Å². The zero-order valence-corrected chi connectivity index (χ0v) is 18.4. The summed E-state index contributed by atoms with van der Waals surface area (Å²) in [6.45, 7) is 3.05. The number of aryl methyl sites for hydroxylation is 1. The zero-order chi connectivity index (χ0) is 22.0. The lowest BCUT2D eigenvalue weighted by Crippen LogP contribution is -2.52. The molecule has 1 atom stereocenters. The molecule has 2 aromatic rings. The fourth-order valence-electron chi connectivity index (χ4n) is 4.10. The Morgan fingerprint density at radius 3 is 2.61 bits per heavy atom. The van der Waals surface area contributed by atoms with Gasteiger partial charge in [-0.3, -0.25) is 9.69 Å². The largest absolute Gasteiger partial charge is 0.467 e. The number of amides is 2. The minimum absolute atomic E-state index is 0.0114. The first kappa shape index (κ1) is 21.3. The maximum absolute atomic E-state index is 12.9. The van der Waals surface area contributed by atoms with E-state index in [0.29, 0.717) is 25.9 Å². The number of aromatic nitrogens is 1. The van der Waals surface area contributed by atoms with Crippen LogP contribution in [-0.4, -0.2) is 71.6 Å². The number of rotatable bonds is 5. The van der Waals surface area contributed by atoms with Gasteiger partial charge < -0.3 is 14.4 Å². The van der Waals surface area contributed by atoms with E-state index in [-0.39, 0.29) is 25.0 Å². The van der Waals surface area contributed by atoms with E-state index in [0.717, 1.165) is 21.1 Å². The molecule has 8 nitrogen and oxygen atoms in total. The lowest BCUT2D eigenvalue weighted by atomic mass is 10.0. The van der Waals surface area contributed by atoms with Gasteiger partial charge in [-0.05, 0) is 19.8 Å². The Morgan fingerprint density at radius 2 is 1.94 bits per heavy atom. The quantitative estimate of drug-likeness (QED) is 0.660. The second kappa shape index (κ2) is 9.05. The highest BCUT2D eigenvalue weighted by atomic mass is 32.1. The molecule has 0 spiro atoms. The van der Waals surface area contributed by atoms with Crippen molar-refractivity contribution < 1.29 is 23.9 Å². The molecular formula is C22H25N3O5S. The molecule has 9 heteroatoms. The van der Waals surface area contributed by atoms with E-state index in [2.05, 4.69) is 0 Å². The molecule has 0 radical (unpaired) electrons. The van der Waals surface area contributed by atoms with Crippen LogP contribution in [0, 0.1) is 6.92 Å². The summed E-state index contributed by atoms with van der Waals surface area (Å²) >= 11 is 1.59. The molecule has 2 fully saturated rings. The molecule has 1 aromatic carbocycles. The third-order valence-corrected chi connectivity index (χ3v) is 6.89. The van der Waals surface area contributed by atoms with Gasteiger partial charge in [0.25, 0.3) is 0 Å². The molecule has 2 aliphatic rings. The van der Waals surface area contributed by atoms with Gasteiger partial charge in [-0.2, -0.15) is 0 Å². The molecule has 0 saturated carbocycles. The molecule has 0 aliphatic carbocycles. The number of esters is 1. The van der Waals surface area contributed by atoms with Gasteiger partial charge >= 0.3 is 12.1 Å². The lowest BCUT2D eigenvalue weighted by Gasteiger charge is -2.37. The first-order valence-electron chi connectivity index (χ1n) is 10.3. The Labute approximate surface area is 184 Å². The van der Waals surface area contributed by atoms with E-state index in [9.17, 15) is 14.4 Å². The van der Waals surface area contributed by atoms with Crippen molar-refractivity contribution in [2.75, 3.05) is 26.8 Å². The van der Waals surface area contributed by atoms with Crippen LogP contribution in [0.15, 0.2) is 30.3 Å². The van der Waals surface area contributed by atoms with Gasteiger partial charge in [0, 0.05) is 29.6 Å². The third kappa shape index (κ3) is 4.41. The molecule has 0 bridgehead atoms. The van der Waals surface area contributed by atoms with Crippen LogP contribution in [0.4, 0.5) is 4.79 Å². The van der Waals surface area contributed by atoms with Gasteiger partial charge in [0.05, 0.1) is 19.2 Å². The smallest absolute Gasteiger partial charge is 0.410 e. The van der Waals surface area contributed by atoms with Gasteiger partial charge in [0.15, 0.2) is 6.04 Å². The average molecular weight is 444 g/mol. The van der Waals surface area contributed by atoms with Crippen molar-refractivity contribution in [3.63, 3.8) is 0 Å². The van der Waals surface area contributed by atoms with E-state index in [1.165, 1.54) is 12.0 Å². The van der Waals surface area contributed by atoms with Crippen LogP contribution >= 0.6 is 11.3 Å². The third-order valence-electron chi connectivity index (χ3n) is 5.83. The van der Waals surface area contributed by atoms with Crippen LogP contribution in [0.1, 0.15) is 23.4 Å². The minimum Gasteiger partial charge on any atom is -0.467 e. The molecule has 0 N–H and O–H groups in total. The highest BCUT2D eigenvalue weighted by Crippen LogP contribution is 2.29. The minimum atomic E-state index is -0.709. The number of ether oxygens (including phenoxy) is 2. The fraction of sp³-hybridized carbons (Fsp3) is 0.455. The molecule has 1 aromatic heterocycles. The second-order valence-corrected chi connectivity index (χ2v) is 8.90. The summed E-state index contributed by atoms with van der Waals surface area (Å²) in [4.78, 5) is 46.0. The lowest BCUT2D eigenvalue weighted by molar-refractivity contribution is -0.146. The van der Waals surface area contributed by atoms with E-state index in [4.69, 9.17) is 14.5 Å². The molecule has 1 unspecified atom stereocenters. The first-order valence-corrected chi connectivity index (χ1v) is 11.1. The first-order chi connectivity index (χ1) is 15.0. The molecule has 2 aliphatic heterocycles. The Morgan fingerprint density at radius 1 is 1.23 bits per heavy atom. The highest BCUT2D eigenvalue weighted by molar-refractivity contribution is 7.15.